The summed E-state index contributed by atoms with van der Waals surface area (Å²) in [6.07, 6.45) is 1.84. The maximum Gasteiger partial charge on any atom is 0.255 e. The fourth-order valence-electron chi connectivity index (χ4n) is 2.68. The van der Waals surface area contributed by atoms with Crippen molar-refractivity contribution in [2.45, 2.75) is 30.8 Å². The topological polar surface area (TPSA) is 59.8 Å². The molecule has 1 aromatic heterocycles. The predicted octanol–water partition coefficient (Wildman–Crippen LogP) is 4.88. The summed E-state index contributed by atoms with van der Waals surface area (Å²) < 4.78 is 2.04. The molecule has 0 fully saturated rings. The Labute approximate surface area is 163 Å². The second-order valence-corrected chi connectivity index (χ2v) is 7.44. The molecule has 1 heterocycles. The largest absolute Gasteiger partial charge is 0.322 e. The van der Waals surface area contributed by atoms with Gasteiger partial charge >= 0.3 is 0 Å². The Morgan fingerprint density at radius 1 is 1.22 bits per heavy atom. The maximum atomic E-state index is 12.4. The van der Waals surface area contributed by atoms with Crippen molar-refractivity contribution < 1.29 is 4.79 Å². The van der Waals surface area contributed by atoms with Gasteiger partial charge in [0.25, 0.3) is 5.91 Å². The number of nitrogens with one attached hydrogen (secondary N) is 1. The average Bonchev–Trinajstić information content (AvgIpc) is 3.03. The molecule has 2 aromatic carbocycles. The number of rotatable bonds is 7. The minimum atomic E-state index is -0.116. The smallest absolute Gasteiger partial charge is 0.255 e. The van der Waals surface area contributed by atoms with Crippen LogP contribution in [0.25, 0.3) is 0 Å². The van der Waals surface area contributed by atoms with E-state index in [9.17, 15) is 4.79 Å². The summed E-state index contributed by atoms with van der Waals surface area (Å²) in [5, 5.41) is 12.4. The van der Waals surface area contributed by atoms with Crippen molar-refractivity contribution in [3.63, 3.8) is 0 Å². The average molecular weight is 379 g/mol. The third kappa shape index (κ3) is 4.65. The van der Waals surface area contributed by atoms with E-state index in [1.807, 2.05) is 54.0 Å². The first-order chi connectivity index (χ1) is 13.1. The van der Waals surface area contributed by atoms with E-state index in [1.165, 1.54) is 0 Å². The standard InChI is InChI=1S/C21H22N4OS/c1-4-13-25-16(3)23-24-21(25)27-15(2)18-11-8-12-19(14-18)22-20(26)17-9-6-5-7-10-17/h4-12,14-15H,1,13H2,2-3H3,(H,22,26)/t15-/m1/s1. The van der Waals surface area contributed by atoms with Gasteiger partial charge in [0.1, 0.15) is 5.82 Å². The molecule has 1 N–H and O–H groups in total. The summed E-state index contributed by atoms with van der Waals surface area (Å²) >= 11 is 1.64. The number of nitrogens with zero attached hydrogens (tertiary/aromatic N) is 3. The summed E-state index contributed by atoms with van der Waals surface area (Å²) in [5.41, 5.74) is 2.52. The predicted molar refractivity (Wildman–Crippen MR) is 110 cm³/mol. The van der Waals surface area contributed by atoms with Gasteiger partial charge in [-0.3, -0.25) is 4.79 Å². The summed E-state index contributed by atoms with van der Waals surface area (Å²) in [6.45, 7) is 8.53. The lowest BCUT2D eigenvalue weighted by Gasteiger charge is -2.14. The highest BCUT2D eigenvalue weighted by atomic mass is 32.2. The van der Waals surface area contributed by atoms with Crippen LogP contribution in [0.4, 0.5) is 5.69 Å². The van der Waals surface area contributed by atoms with E-state index in [2.05, 4.69) is 35.1 Å². The van der Waals surface area contributed by atoms with Crippen molar-refractivity contribution in [3.05, 3.63) is 84.2 Å². The molecule has 0 spiro atoms. The van der Waals surface area contributed by atoms with Crippen LogP contribution in [0.2, 0.25) is 0 Å². The highest BCUT2D eigenvalue weighted by Crippen LogP contribution is 2.35. The molecular formula is C21H22N4OS. The number of allylic oxidation sites excluding steroid dienone is 1. The molecule has 0 radical (unpaired) electrons. The van der Waals surface area contributed by atoms with Crippen LogP contribution in [0.5, 0.6) is 0 Å². The highest BCUT2D eigenvalue weighted by molar-refractivity contribution is 7.99. The fraction of sp³-hybridized carbons (Fsp3) is 0.190. The van der Waals surface area contributed by atoms with Gasteiger partial charge < -0.3 is 9.88 Å². The number of amides is 1. The molecule has 138 valence electrons. The Morgan fingerprint density at radius 2 is 2.00 bits per heavy atom. The van der Waals surface area contributed by atoms with Gasteiger partial charge in [0.2, 0.25) is 0 Å². The van der Waals surface area contributed by atoms with Crippen LogP contribution in [0.1, 0.15) is 33.9 Å². The molecule has 1 amide bonds. The molecule has 5 nitrogen and oxygen atoms in total. The zero-order valence-corrected chi connectivity index (χ0v) is 16.2. The molecule has 0 saturated carbocycles. The zero-order chi connectivity index (χ0) is 19.2. The van der Waals surface area contributed by atoms with Gasteiger partial charge in [-0.25, -0.2) is 0 Å². The van der Waals surface area contributed by atoms with Gasteiger partial charge in [-0.1, -0.05) is 48.2 Å². The Hall–Kier alpha value is -2.86. The zero-order valence-electron chi connectivity index (χ0n) is 15.4. The first-order valence-corrected chi connectivity index (χ1v) is 9.60. The second-order valence-electron chi connectivity index (χ2n) is 6.13. The molecule has 3 aromatic rings. The third-order valence-electron chi connectivity index (χ3n) is 4.15. The normalized spacial score (nSPS) is 11.8. The molecule has 1 atom stereocenters. The first-order valence-electron chi connectivity index (χ1n) is 8.72. The monoisotopic (exact) mass is 378 g/mol. The summed E-state index contributed by atoms with van der Waals surface area (Å²) in [5.74, 6) is 0.753. The van der Waals surface area contributed by atoms with Crippen LogP contribution in [0, 0.1) is 6.92 Å². The molecule has 6 heteroatoms. The third-order valence-corrected chi connectivity index (χ3v) is 5.28. The van der Waals surface area contributed by atoms with Crippen molar-refractivity contribution >= 4 is 23.4 Å². The number of carbonyl (C=O) groups is 1. The number of carbonyl (C=O) groups excluding carboxylic acids is 1. The Bertz CT molecular complexity index is 936. The molecule has 0 unspecified atom stereocenters. The van der Waals surface area contributed by atoms with Crippen molar-refractivity contribution in [1.29, 1.82) is 0 Å². The second kappa shape index (κ2) is 8.68. The minimum Gasteiger partial charge on any atom is -0.322 e. The van der Waals surface area contributed by atoms with E-state index in [0.717, 1.165) is 22.2 Å². The lowest BCUT2D eigenvalue weighted by Crippen LogP contribution is -2.11. The molecule has 0 aliphatic rings. The molecular weight excluding hydrogens is 356 g/mol. The fourth-order valence-corrected chi connectivity index (χ4v) is 3.70. The van der Waals surface area contributed by atoms with Crippen molar-refractivity contribution in [2.75, 3.05) is 5.32 Å². The van der Waals surface area contributed by atoms with Crippen LogP contribution in [0.15, 0.2) is 72.4 Å². The van der Waals surface area contributed by atoms with Gasteiger partial charge in [0.15, 0.2) is 5.16 Å². The summed E-state index contributed by atoms with van der Waals surface area (Å²) in [4.78, 5) is 12.4. The van der Waals surface area contributed by atoms with Crippen LogP contribution in [-0.4, -0.2) is 20.7 Å². The summed E-state index contributed by atoms with van der Waals surface area (Å²) in [6, 6.07) is 17.1. The van der Waals surface area contributed by atoms with E-state index in [0.29, 0.717) is 12.1 Å². The van der Waals surface area contributed by atoms with E-state index < -0.39 is 0 Å². The molecule has 0 saturated heterocycles. The van der Waals surface area contributed by atoms with Crippen molar-refractivity contribution in [3.8, 4) is 0 Å². The highest BCUT2D eigenvalue weighted by Gasteiger charge is 2.15. The van der Waals surface area contributed by atoms with Gasteiger partial charge in [-0.2, -0.15) is 0 Å². The molecule has 0 aliphatic heterocycles. The molecule has 27 heavy (non-hydrogen) atoms. The SMILES string of the molecule is C=CCn1c(C)nnc1S[C@H](C)c1cccc(NC(=O)c2ccccc2)c1. The Kier molecular flexibility index (Phi) is 6.08. The van der Waals surface area contributed by atoms with E-state index in [1.54, 1.807) is 23.9 Å². The summed E-state index contributed by atoms with van der Waals surface area (Å²) in [7, 11) is 0. The number of hydrogen-bond donors (Lipinski definition) is 1. The minimum absolute atomic E-state index is 0.116. The number of aromatic nitrogens is 3. The molecule has 0 aliphatic carbocycles. The Morgan fingerprint density at radius 3 is 2.74 bits per heavy atom. The van der Waals surface area contributed by atoms with Crippen LogP contribution < -0.4 is 5.32 Å². The van der Waals surface area contributed by atoms with Gasteiger partial charge in [-0.05, 0) is 43.7 Å². The van der Waals surface area contributed by atoms with E-state index >= 15 is 0 Å². The lowest BCUT2D eigenvalue weighted by molar-refractivity contribution is 0.102. The number of aryl methyl sites for hydroxylation is 1. The van der Waals surface area contributed by atoms with Crippen molar-refractivity contribution in [2.24, 2.45) is 0 Å². The van der Waals surface area contributed by atoms with Crippen molar-refractivity contribution in [1.82, 2.24) is 14.8 Å². The lowest BCUT2D eigenvalue weighted by atomic mass is 10.1. The number of benzene rings is 2. The van der Waals surface area contributed by atoms with Crippen LogP contribution in [0.3, 0.4) is 0 Å². The number of hydrogen-bond acceptors (Lipinski definition) is 4. The van der Waals surface area contributed by atoms with Crippen LogP contribution >= 0.6 is 11.8 Å². The van der Waals surface area contributed by atoms with Crippen LogP contribution in [-0.2, 0) is 6.54 Å². The van der Waals surface area contributed by atoms with E-state index in [-0.39, 0.29) is 11.2 Å². The van der Waals surface area contributed by atoms with Gasteiger partial charge in [-0.15, -0.1) is 16.8 Å². The number of anilines is 1. The number of thioether (sulfide) groups is 1. The molecule has 3 rings (SSSR count). The molecule has 0 bridgehead atoms. The quantitative estimate of drug-likeness (QED) is 0.470. The van der Waals surface area contributed by atoms with E-state index in [4.69, 9.17) is 0 Å². The van der Waals surface area contributed by atoms with Gasteiger partial charge in [0.05, 0.1) is 0 Å². The maximum absolute atomic E-state index is 12.4. The van der Waals surface area contributed by atoms with Gasteiger partial charge in [0, 0.05) is 23.0 Å². The first kappa shape index (κ1) is 18.9. The Balaban J connectivity index is 1.73.